The first kappa shape index (κ1) is 14.0. The molecule has 1 atom stereocenters. The van der Waals surface area contributed by atoms with Gasteiger partial charge in [-0.2, -0.15) is 13.2 Å². The fourth-order valence-corrected chi connectivity index (χ4v) is 1.36. The van der Waals surface area contributed by atoms with Gasteiger partial charge in [-0.3, -0.25) is 0 Å². The Bertz CT molecular complexity index is 386. The minimum Gasteiger partial charge on any atom is -0.391 e. The molecule has 0 bridgehead atoms. The fourth-order valence-electron chi connectivity index (χ4n) is 1.02. The molecule has 0 aliphatic heterocycles. The van der Waals surface area contributed by atoms with Crippen LogP contribution in [0.25, 0.3) is 0 Å². The highest BCUT2D eigenvalue weighted by atomic mass is 32.2. The molecule has 1 heterocycles. The smallest absolute Gasteiger partial charge is 0.391 e. The van der Waals surface area contributed by atoms with Crippen LogP contribution in [0.5, 0.6) is 0 Å². The maximum atomic E-state index is 12.4. The molecule has 0 amide bonds. The van der Waals surface area contributed by atoms with E-state index in [0.717, 1.165) is 6.92 Å². The molecule has 1 aromatic rings. The molecule has 17 heavy (non-hydrogen) atoms. The minimum absolute atomic E-state index is 0.0108. The molecule has 96 valence electrons. The summed E-state index contributed by atoms with van der Waals surface area (Å²) in [5.41, 5.74) is 0.235. The molecule has 2 N–H and O–H groups in total. The molecule has 1 unspecified atom stereocenters. The number of aliphatic hydroxyl groups excluding tert-OH is 1. The van der Waals surface area contributed by atoms with Crippen molar-refractivity contribution < 1.29 is 18.3 Å². The highest BCUT2D eigenvalue weighted by molar-refractivity contribution is 7.98. The molecule has 4 nitrogen and oxygen atoms in total. The van der Waals surface area contributed by atoms with Crippen molar-refractivity contribution in [2.24, 2.45) is 0 Å². The van der Waals surface area contributed by atoms with Crippen LogP contribution in [0.3, 0.4) is 0 Å². The first-order valence-electron chi connectivity index (χ1n) is 4.72. The summed E-state index contributed by atoms with van der Waals surface area (Å²) in [6.45, 7) is 0.573. The van der Waals surface area contributed by atoms with Crippen molar-refractivity contribution >= 4 is 17.6 Å². The van der Waals surface area contributed by atoms with E-state index in [1.165, 1.54) is 18.0 Å². The Labute approximate surface area is 101 Å². The predicted octanol–water partition coefficient (Wildman–Crippen LogP) is 2.05. The standard InChI is InChI=1S/C9H12F3N3OS/c1-5(9(10,11)12)14-7-6(4-16)3-13-8(15-7)17-2/h3,5,16H,4H2,1-2H3,(H,13,14,15). The minimum atomic E-state index is -4.36. The molecule has 1 aromatic heterocycles. The molecule has 0 saturated carbocycles. The number of halogens is 3. The van der Waals surface area contributed by atoms with Crippen molar-refractivity contribution in [3.8, 4) is 0 Å². The molecular formula is C9H12F3N3OS. The molecule has 1 rings (SSSR count). The normalized spacial score (nSPS) is 13.5. The zero-order valence-corrected chi connectivity index (χ0v) is 10.1. The van der Waals surface area contributed by atoms with Gasteiger partial charge in [-0.1, -0.05) is 11.8 Å². The zero-order chi connectivity index (χ0) is 13.1. The lowest BCUT2D eigenvalue weighted by atomic mass is 10.3. The van der Waals surface area contributed by atoms with E-state index in [2.05, 4.69) is 15.3 Å². The summed E-state index contributed by atoms with van der Waals surface area (Å²) in [6, 6.07) is -1.74. The zero-order valence-electron chi connectivity index (χ0n) is 9.25. The second-order valence-corrected chi connectivity index (χ2v) is 4.07. The maximum Gasteiger partial charge on any atom is 0.408 e. The SMILES string of the molecule is CSc1ncc(CO)c(NC(C)C(F)(F)F)n1. The van der Waals surface area contributed by atoms with Gasteiger partial charge in [0.2, 0.25) is 0 Å². The van der Waals surface area contributed by atoms with Crippen molar-refractivity contribution in [1.82, 2.24) is 9.97 Å². The molecule has 0 radical (unpaired) electrons. The van der Waals surface area contributed by atoms with Gasteiger partial charge >= 0.3 is 6.18 Å². The molecule has 0 aromatic carbocycles. The van der Waals surface area contributed by atoms with Gasteiger partial charge in [0.1, 0.15) is 11.9 Å². The largest absolute Gasteiger partial charge is 0.408 e. The van der Waals surface area contributed by atoms with Crippen LogP contribution >= 0.6 is 11.8 Å². The van der Waals surface area contributed by atoms with E-state index in [-0.39, 0.29) is 11.4 Å². The van der Waals surface area contributed by atoms with Gasteiger partial charge in [0.15, 0.2) is 5.16 Å². The van der Waals surface area contributed by atoms with E-state index < -0.39 is 18.8 Å². The van der Waals surface area contributed by atoms with Gasteiger partial charge in [-0.15, -0.1) is 0 Å². The van der Waals surface area contributed by atoms with Crippen LogP contribution < -0.4 is 5.32 Å². The van der Waals surface area contributed by atoms with Crippen LogP contribution in [0, 0.1) is 0 Å². The topological polar surface area (TPSA) is 58.0 Å². The van der Waals surface area contributed by atoms with Crippen LogP contribution in [-0.4, -0.2) is 33.5 Å². The highest BCUT2D eigenvalue weighted by Gasteiger charge is 2.36. The summed E-state index contributed by atoms with van der Waals surface area (Å²) in [6.07, 6.45) is -1.34. The van der Waals surface area contributed by atoms with Crippen molar-refractivity contribution in [2.45, 2.75) is 30.9 Å². The van der Waals surface area contributed by atoms with Gasteiger partial charge in [0.25, 0.3) is 0 Å². The average Bonchev–Trinajstić information content (AvgIpc) is 2.27. The Morgan fingerprint density at radius 3 is 2.65 bits per heavy atom. The number of alkyl halides is 3. The van der Waals surface area contributed by atoms with Crippen molar-refractivity contribution in [3.05, 3.63) is 11.8 Å². The summed E-state index contributed by atoms with van der Waals surface area (Å²) in [5, 5.41) is 11.6. The summed E-state index contributed by atoms with van der Waals surface area (Å²) < 4.78 is 37.1. The Morgan fingerprint density at radius 2 is 2.18 bits per heavy atom. The van der Waals surface area contributed by atoms with Crippen LogP contribution in [0.1, 0.15) is 12.5 Å². The van der Waals surface area contributed by atoms with E-state index in [0.29, 0.717) is 5.16 Å². The highest BCUT2D eigenvalue weighted by Crippen LogP contribution is 2.24. The molecule has 0 spiro atoms. The fraction of sp³-hybridized carbons (Fsp3) is 0.556. The van der Waals surface area contributed by atoms with Gasteiger partial charge in [0, 0.05) is 11.8 Å². The van der Waals surface area contributed by atoms with Crippen LogP contribution in [0.2, 0.25) is 0 Å². The lowest BCUT2D eigenvalue weighted by molar-refractivity contribution is -0.138. The van der Waals surface area contributed by atoms with E-state index in [1.54, 1.807) is 6.26 Å². The van der Waals surface area contributed by atoms with E-state index in [4.69, 9.17) is 5.11 Å². The van der Waals surface area contributed by atoms with E-state index in [1.807, 2.05) is 0 Å². The molecule has 0 aliphatic carbocycles. The first-order valence-corrected chi connectivity index (χ1v) is 5.95. The second kappa shape index (κ2) is 5.54. The number of aliphatic hydroxyl groups is 1. The number of aromatic nitrogens is 2. The summed E-state index contributed by atoms with van der Waals surface area (Å²) in [5.74, 6) is 0.0108. The number of nitrogens with zero attached hydrogens (tertiary/aromatic N) is 2. The maximum absolute atomic E-state index is 12.4. The van der Waals surface area contributed by atoms with Crippen molar-refractivity contribution in [1.29, 1.82) is 0 Å². The number of thioether (sulfide) groups is 1. The number of hydrogen-bond acceptors (Lipinski definition) is 5. The summed E-state index contributed by atoms with van der Waals surface area (Å²) in [4.78, 5) is 7.76. The van der Waals surface area contributed by atoms with Crippen molar-refractivity contribution in [2.75, 3.05) is 11.6 Å². The third-order valence-corrected chi connectivity index (χ3v) is 2.60. The third-order valence-electron chi connectivity index (χ3n) is 2.04. The van der Waals surface area contributed by atoms with Gasteiger partial charge < -0.3 is 10.4 Å². The molecule has 0 saturated heterocycles. The molecule has 0 aliphatic rings. The van der Waals surface area contributed by atoms with E-state index in [9.17, 15) is 13.2 Å². The number of hydrogen-bond donors (Lipinski definition) is 2. The Morgan fingerprint density at radius 1 is 1.53 bits per heavy atom. The Balaban J connectivity index is 2.95. The summed E-state index contributed by atoms with van der Waals surface area (Å²) >= 11 is 1.21. The van der Waals surface area contributed by atoms with Crippen molar-refractivity contribution in [3.63, 3.8) is 0 Å². The first-order chi connectivity index (χ1) is 7.88. The quantitative estimate of drug-likeness (QED) is 0.646. The van der Waals surface area contributed by atoms with Gasteiger partial charge in [-0.05, 0) is 13.2 Å². The third kappa shape index (κ3) is 3.74. The molecule has 8 heteroatoms. The van der Waals surface area contributed by atoms with Gasteiger partial charge in [-0.25, -0.2) is 9.97 Å². The Hall–Kier alpha value is -1.02. The number of rotatable bonds is 4. The van der Waals surface area contributed by atoms with Crippen LogP contribution in [0.15, 0.2) is 11.4 Å². The second-order valence-electron chi connectivity index (χ2n) is 3.30. The molecule has 0 fully saturated rings. The summed E-state index contributed by atoms with van der Waals surface area (Å²) in [7, 11) is 0. The van der Waals surface area contributed by atoms with Crippen LogP contribution in [0.4, 0.5) is 19.0 Å². The number of nitrogens with one attached hydrogen (secondary N) is 1. The average molecular weight is 267 g/mol. The number of anilines is 1. The molecular weight excluding hydrogens is 255 g/mol. The lowest BCUT2D eigenvalue weighted by Gasteiger charge is -2.19. The van der Waals surface area contributed by atoms with Crippen LogP contribution in [-0.2, 0) is 6.61 Å². The Kier molecular flexibility index (Phi) is 4.58. The van der Waals surface area contributed by atoms with Gasteiger partial charge in [0.05, 0.1) is 6.61 Å². The lowest BCUT2D eigenvalue weighted by Crippen LogP contribution is -2.33. The van der Waals surface area contributed by atoms with E-state index >= 15 is 0 Å². The monoisotopic (exact) mass is 267 g/mol. The predicted molar refractivity (Wildman–Crippen MR) is 58.9 cm³/mol.